The lowest BCUT2D eigenvalue weighted by Crippen LogP contribution is -2.60. The molecule has 67 heavy (non-hydrogen) atoms. The summed E-state index contributed by atoms with van der Waals surface area (Å²) in [5, 5.41) is 7.67. The molecule has 0 saturated heterocycles. The SMILES string of the molecule is CC(C)(C)c1ccc(N2B3c4cc(C(C)(C)C)ccc4-n4c5ccc(C(C)(C)C)cc5c5c6c(oc7ccccc76)c(c3c54)-c3cc4c(cc32)sc2cc3c(cc24)C(C)(C)CCC3(C)C)cc1. The molecule has 3 aromatic heterocycles. The van der Waals surface area contributed by atoms with Gasteiger partial charge in [0.15, 0.2) is 0 Å². The zero-order valence-corrected chi connectivity index (χ0v) is 42.4. The van der Waals surface area contributed by atoms with Crippen LogP contribution in [0.5, 0.6) is 0 Å². The molecule has 3 aliphatic rings. The van der Waals surface area contributed by atoms with Gasteiger partial charge in [0, 0.05) is 69.9 Å². The molecule has 0 N–H and O–H groups in total. The van der Waals surface area contributed by atoms with Crippen LogP contribution in [-0.2, 0) is 27.1 Å². The normalized spacial score (nSPS) is 16.5. The first kappa shape index (κ1) is 41.4. The third-order valence-electron chi connectivity index (χ3n) is 16.5. The minimum Gasteiger partial charge on any atom is -0.455 e. The zero-order valence-electron chi connectivity index (χ0n) is 41.6. The molecule has 0 unspecified atom stereocenters. The van der Waals surface area contributed by atoms with Crippen LogP contribution in [0.15, 0.2) is 114 Å². The van der Waals surface area contributed by atoms with Gasteiger partial charge in [-0.2, -0.15) is 0 Å². The highest BCUT2D eigenvalue weighted by Crippen LogP contribution is 2.55. The Hall–Kier alpha value is -5.78. The molecule has 5 heteroatoms. The van der Waals surface area contributed by atoms with Gasteiger partial charge >= 0.3 is 6.85 Å². The van der Waals surface area contributed by atoms with E-state index in [9.17, 15) is 0 Å². The first-order valence-corrected chi connectivity index (χ1v) is 25.5. The largest absolute Gasteiger partial charge is 0.455 e. The number of para-hydroxylation sites is 1. The second kappa shape index (κ2) is 13.1. The van der Waals surface area contributed by atoms with Crippen LogP contribution in [0.25, 0.3) is 80.7 Å². The third kappa shape index (κ3) is 5.64. The van der Waals surface area contributed by atoms with Crippen molar-refractivity contribution in [3.63, 3.8) is 0 Å². The Balaban J connectivity index is 1.25. The van der Waals surface area contributed by atoms with E-state index in [1.54, 1.807) is 0 Å². The number of benzene rings is 7. The van der Waals surface area contributed by atoms with Crippen molar-refractivity contribution in [1.82, 2.24) is 4.57 Å². The average molecular weight is 893 g/mol. The first-order valence-electron chi connectivity index (χ1n) is 24.7. The van der Waals surface area contributed by atoms with Crippen LogP contribution in [0.3, 0.4) is 0 Å². The molecule has 334 valence electrons. The van der Waals surface area contributed by atoms with E-state index >= 15 is 0 Å². The molecular formula is C62H61BN2OS. The maximum atomic E-state index is 7.38. The van der Waals surface area contributed by atoms with Gasteiger partial charge in [-0.1, -0.05) is 139 Å². The van der Waals surface area contributed by atoms with E-state index in [1.165, 1.54) is 133 Å². The topological polar surface area (TPSA) is 21.3 Å². The Kier molecular flexibility index (Phi) is 8.07. The van der Waals surface area contributed by atoms with Crippen LogP contribution in [0.4, 0.5) is 11.4 Å². The maximum Gasteiger partial charge on any atom is 0.333 e. The van der Waals surface area contributed by atoms with Gasteiger partial charge in [0.25, 0.3) is 0 Å². The van der Waals surface area contributed by atoms with E-state index in [1.807, 2.05) is 11.3 Å². The van der Waals surface area contributed by atoms with E-state index in [4.69, 9.17) is 4.42 Å². The summed E-state index contributed by atoms with van der Waals surface area (Å²) in [5.41, 5.74) is 20.5. The van der Waals surface area contributed by atoms with Gasteiger partial charge in [-0.15, -0.1) is 11.3 Å². The van der Waals surface area contributed by atoms with Gasteiger partial charge in [-0.3, -0.25) is 0 Å². The molecule has 13 rings (SSSR count). The first-order chi connectivity index (χ1) is 31.6. The molecule has 7 aromatic carbocycles. The smallest absolute Gasteiger partial charge is 0.333 e. The van der Waals surface area contributed by atoms with Gasteiger partial charge in [0.05, 0.1) is 11.0 Å². The van der Waals surface area contributed by atoms with E-state index in [0.29, 0.717) is 0 Å². The Morgan fingerprint density at radius 3 is 1.88 bits per heavy atom. The molecule has 0 bridgehead atoms. The Morgan fingerprint density at radius 1 is 0.567 bits per heavy atom. The predicted octanol–water partition coefficient (Wildman–Crippen LogP) is 16.5. The van der Waals surface area contributed by atoms with E-state index in [0.717, 1.165) is 11.2 Å². The standard InChI is InChI=1S/C62H61BN2OS/c1-58(2,3)34-18-22-37(23-19-34)65-48-33-51-39(40-31-43-44(32-50(40)67-51)62(12,13)27-26-61(43,10)11)30-42(48)54-55-56-52(53-38-16-14-15-17-49(38)66-57(53)54)41-28-35(59(4,5)6)20-24-46(41)64(56)47-25-21-36(60(7,8)9)29-45(47)63(55)65/h14-25,28-33H,26-27H2,1-13H3. The summed E-state index contributed by atoms with van der Waals surface area (Å²) < 4.78 is 12.7. The molecule has 5 heterocycles. The van der Waals surface area contributed by atoms with Gasteiger partial charge in [-0.25, -0.2) is 0 Å². The molecule has 0 spiro atoms. The van der Waals surface area contributed by atoms with Crippen molar-refractivity contribution in [3.8, 4) is 16.8 Å². The maximum absolute atomic E-state index is 7.38. The quantitative estimate of drug-likeness (QED) is 0.153. The number of furan rings is 1. The van der Waals surface area contributed by atoms with Crippen LogP contribution < -0.4 is 15.7 Å². The van der Waals surface area contributed by atoms with Crippen molar-refractivity contribution in [1.29, 1.82) is 0 Å². The molecule has 2 aliphatic heterocycles. The molecule has 0 saturated carbocycles. The number of rotatable bonds is 1. The minimum atomic E-state index is -0.125. The van der Waals surface area contributed by atoms with Crippen molar-refractivity contribution in [2.45, 2.75) is 130 Å². The van der Waals surface area contributed by atoms with Gasteiger partial charge in [0.2, 0.25) is 0 Å². The molecular weight excluding hydrogens is 832 g/mol. The number of hydrogen-bond donors (Lipinski definition) is 0. The second-order valence-corrected chi connectivity index (χ2v) is 25.9. The van der Waals surface area contributed by atoms with Crippen molar-refractivity contribution >= 4 is 104 Å². The van der Waals surface area contributed by atoms with Crippen molar-refractivity contribution in [3.05, 3.63) is 137 Å². The number of thiophene rings is 1. The molecule has 0 amide bonds. The van der Waals surface area contributed by atoms with Crippen LogP contribution in [-0.4, -0.2) is 11.4 Å². The van der Waals surface area contributed by atoms with Crippen molar-refractivity contribution in [2.75, 3.05) is 4.81 Å². The lowest BCUT2D eigenvalue weighted by atomic mass is 9.43. The van der Waals surface area contributed by atoms with Gasteiger partial charge in [0.1, 0.15) is 11.2 Å². The number of anilines is 2. The number of fused-ring (bicyclic) bond motifs is 17. The number of aromatic nitrogens is 1. The minimum absolute atomic E-state index is 0.0233. The van der Waals surface area contributed by atoms with Gasteiger partial charge in [-0.05, 0) is 139 Å². The summed E-state index contributed by atoms with van der Waals surface area (Å²) in [6.45, 7) is 30.7. The molecule has 0 atom stereocenters. The lowest BCUT2D eigenvalue weighted by Gasteiger charge is -2.42. The summed E-state index contributed by atoms with van der Waals surface area (Å²) in [7, 11) is 0. The second-order valence-electron chi connectivity index (χ2n) is 24.9. The van der Waals surface area contributed by atoms with Gasteiger partial charge < -0.3 is 13.8 Å². The monoisotopic (exact) mass is 892 g/mol. The Labute approximate surface area is 399 Å². The molecule has 10 aromatic rings. The number of nitrogens with zero attached hydrogens (tertiary/aromatic N) is 2. The van der Waals surface area contributed by atoms with Crippen molar-refractivity contribution < 1.29 is 4.42 Å². The van der Waals surface area contributed by atoms with Crippen LogP contribution in [0.1, 0.15) is 131 Å². The molecule has 1 aliphatic carbocycles. The van der Waals surface area contributed by atoms with Crippen molar-refractivity contribution in [2.24, 2.45) is 0 Å². The summed E-state index contributed by atoms with van der Waals surface area (Å²) in [6.07, 6.45) is 2.39. The highest BCUT2D eigenvalue weighted by atomic mass is 32.1. The van der Waals surface area contributed by atoms with E-state index < -0.39 is 0 Å². The van der Waals surface area contributed by atoms with Crippen LogP contribution >= 0.6 is 11.3 Å². The van der Waals surface area contributed by atoms with E-state index in [2.05, 4.69) is 209 Å². The summed E-state index contributed by atoms with van der Waals surface area (Å²) in [4.78, 5) is 2.71. The molecule has 0 fully saturated rings. The fraction of sp³-hybridized carbons (Fsp3) is 0.323. The fourth-order valence-electron chi connectivity index (χ4n) is 12.4. The highest BCUT2D eigenvalue weighted by molar-refractivity contribution is 7.26. The van der Waals surface area contributed by atoms with Crippen LogP contribution in [0.2, 0.25) is 0 Å². The zero-order chi connectivity index (χ0) is 46.6. The highest BCUT2D eigenvalue weighted by Gasteiger charge is 2.47. The Bertz CT molecular complexity index is 3810. The molecule has 0 radical (unpaired) electrons. The lowest BCUT2D eigenvalue weighted by molar-refractivity contribution is 0.332. The third-order valence-corrected chi connectivity index (χ3v) is 17.6. The summed E-state index contributed by atoms with van der Waals surface area (Å²) in [5.74, 6) is 0. The van der Waals surface area contributed by atoms with E-state index in [-0.39, 0.29) is 33.9 Å². The average Bonchev–Trinajstić information content (AvgIpc) is 3.94. The van der Waals surface area contributed by atoms with Crippen LogP contribution in [0, 0.1) is 0 Å². The fourth-order valence-corrected chi connectivity index (χ4v) is 13.6. The summed E-state index contributed by atoms with van der Waals surface area (Å²) in [6, 6.07) is 43.2. The number of hydrogen-bond acceptors (Lipinski definition) is 3. The molecule has 3 nitrogen and oxygen atoms in total. The summed E-state index contributed by atoms with van der Waals surface area (Å²) >= 11 is 1.97. The Morgan fingerprint density at radius 2 is 1.18 bits per heavy atom. The predicted molar refractivity (Wildman–Crippen MR) is 291 cm³/mol.